The van der Waals surface area contributed by atoms with Crippen LogP contribution in [0.1, 0.15) is 35.3 Å². The fraction of sp³-hybridized carbons (Fsp3) is 0.217. The standard InChI is InChI=1S/C23H22O4/c1-3-26-22-12-11-18(16(2)24)13-20(22)15-27-23(25)14-19-9-6-8-17-7-4-5-10-21(17)19/h4-13H,3,14-15H2,1-2H3. The summed E-state index contributed by atoms with van der Waals surface area (Å²) >= 11 is 0. The van der Waals surface area contributed by atoms with Crippen LogP contribution < -0.4 is 4.74 Å². The van der Waals surface area contributed by atoms with Crippen molar-refractivity contribution in [3.05, 3.63) is 77.4 Å². The highest BCUT2D eigenvalue weighted by Gasteiger charge is 2.12. The average Bonchev–Trinajstić information content (AvgIpc) is 2.67. The topological polar surface area (TPSA) is 52.6 Å². The Labute approximate surface area is 158 Å². The summed E-state index contributed by atoms with van der Waals surface area (Å²) in [5, 5.41) is 2.14. The van der Waals surface area contributed by atoms with Gasteiger partial charge in [-0.25, -0.2) is 0 Å². The molecule has 0 radical (unpaired) electrons. The maximum atomic E-state index is 12.4. The Balaban J connectivity index is 1.73. The van der Waals surface area contributed by atoms with Gasteiger partial charge in [0, 0.05) is 11.1 Å². The van der Waals surface area contributed by atoms with Gasteiger partial charge in [0.2, 0.25) is 0 Å². The zero-order valence-corrected chi connectivity index (χ0v) is 15.5. The minimum absolute atomic E-state index is 0.0404. The molecule has 0 saturated carbocycles. The van der Waals surface area contributed by atoms with E-state index in [0.717, 1.165) is 16.3 Å². The Morgan fingerprint density at radius 2 is 1.70 bits per heavy atom. The van der Waals surface area contributed by atoms with Crippen LogP contribution in [0.25, 0.3) is 10.8 Å². The summed E-state index contributed by atoms with van der Waals surface area (Å²) in [5.41, 5.74) is 2.19. The number of ketones is 1. The van der Waals surface area contributed by atoms with E-state index in [1.54, 1.807) is 18.2 Å². The lowest BCUT2D eigenvalue weighted by atomic mass is 10.0. The molecule has 0 aliphatic carbocycles. The van der Waals surface area contributed by atoms with Crippen molar-refractivity contribution < 1.29 is 19.1 Å². The summed E-state index contributed by atoms with van der Waals surface area (Å²) in [6.07, 6.45) is 0.192. The molecule has 0 N–H and O–H groups in total. The van der Waals surface area contributed by atoms with Gasteiger partial charge in [0.05, 0.1) is 13.0 Å². The Morgan fingerprint density at radius 1 is 0.926 bits per heavy atom. The van der Waals surface area contributed by atoms with Crippen molar-refractivity contribution in [1.29, 1.82) is 0 Å². The first-order chi connectivity index (χ1) is 13.1. The zero-order chi connectivity index (χ0) is 19.2. The number of carbonyl (C=O) groups excluding carboxylic acids is 2. The lowest BCUT2D eigenvalue weighted by Crippen LogP contribution is -2.10. The maximum absolute atomic E-state index is 12.4. The SMILES string of the molecule is CCOc1ccc(C(C)=O)cc1COC(=O)Cc1cccc2ccccc12. The molecule has 4 heteroatoms. The van der Waals surface area contributed by atoms with Crippen LogP contribution in [0, 0.1) is 0 Å². The molecule has 3 rings (SSSR count). The molecular formula is C23H22O4. The quantitative estimate of drug-likeness (QED) is 0.450. The van der Waals surface area contributed by atoms with Crippen molar-refractivity contribution in [3.8, 4) is 5.75 Å². The van der Waals surface area contributed by atoms with Gasteiger partial charge in [-0.05, 0) is 48.4 Å². The van der Waals surface area contributed by atoms with Crippen LogP contribution in [0.4, 0.5) is 0 Å². The lowest BCUT2D eigenvalue weighted by molar-refractivity contribution is -0.144. The second-order valence-electron chi connectivity index (χ2n) is 6.29. The van der Waals surface area contributed by atoms with Crippen molar-refractivity contribution in [2.75, 3.05) is 6.61 Å². The Kier molecular flexibility index (Phi) is 5.87. The van der Waals surface area contributed by atoms with Crippen molar-refractivity contribution in [2.45, 2.75) is 26.9 Å². The summed E-state index contributed by atoms with van der Waals surface area (Å²) in [6, 6.07) is 19.0. The summed E-state index contributed by atoms with van der Waals surface area (Å²) < 4.78 is 11.0. The van der Waals surface area contributed by atoms with Crippen LogP contribution in [-0.2, 0) is 22.6 Å². The first-order valence-electron chi connectivity index (χ1n) is 8.97. The zero-order valence-electron chi connectivity index (χ0n) is 15.5. The number of Topliss-reactive ketones (excluding diaryl/α,β-unsaturated/α-hetero) is 1. The fourth-order valence-corrected chi connectivity index (χ4v) is 3.02. The largest absolute Gasteiger partial charge is 0.493 e. The highest BCUT2D eigenvalue weighted by Crippen LogP contribution is 2.23. The van der Waals surface area contributed by atoms with Crippen LogP contribution in [0.15, 0.2) is 60.7 Å². The third-order valence-electron chi connectivity index (χ3n) is 4.37. The molecule has 0 bridgehead atoms. The van der Waals surface area contributed by atoms with E-state index in [0.29, 0.717) is 23.5 Å². The Morgan fingerprint density at radius 3 is 2.48 bits per heavy atom. The number of rotatable bonds is 7. The number of ether oxygens (including phenoxy) is 2. The van der Waals surface area contributed by atoms with Crippen molar-refractivity contribution in [2.24, 2.45) is 0 Å². The molecule has 0 aliphatic heterocycles. The fourth-order valence-electron chi connectivity index (χ4n) is 3.02. The highest BCUT2D eigenvalue weighted by molar-refractivity contribution is 5.94. The summed E-state index contributed by atoms with van der Waals surface area (Å²) in [5.74, 6) is 0.267. The molecule has 0 aromatic heterocycles. The molecule has 0 unspecified atom stereocenters. The molecule has 0 heterocycles. The van der Waals surface area contributed by atoms with Gasteiger partial charge in [-0.3, -0.25) is 9.59 Å². The normalized spacial score (nSPS) is 10.6. The maximum Gasteiger partial charge on any atom is 0.310 e. The van der Waals surface area contributed by atoms with Gasteiger partial charge in [-0.1, -0.05) is 42.5 Å². The van der Waals surface area contributed by atoms with Crippen LogP contribution in [0.3, 0.4) is 0 Å². The summed E-state index contributed by atoms with van der Waals surface area (Å²) in [7, 11) is 0. The molecule has 0 atom stereocenters. The first kappa shape index (κ1) is 18.6. The molecule has 0 amide bonds. The first-order valence-corrected chi connectivity index (χ1v) is 8.97. The summed E-state index contributed by atoms with van der Waals surface area (Å²) in [6.45, 7) is 3.96. The van der Waals surface area contributed by atoms with Crippen molar-refractivity contribution >= 4 is 22.5 Å². The van der Waals surface area contributed by atoms with E-state index in [4.69, 9.17) is 9.47 Å². The number of benzene rings is 3. The van der Waals surface area contributed by atoms with E-state index < -0.39 is 0 Å². The van der Waals surface area contributed by atoms with Crippen LogP contribution in [0.5, 0.6) is 5.75 Å². The van der Waals surface area contributed by atoms with Gasteiger partial charge >= 0.3 is 5.97 Å². The van der Waals surface area contributed by atoms with Gasteiger partial charge in [0.25, 0.3) is 0 Å². The minimum Gasteiger partial charge on any atom is -0.493 e. The molecule has 138 valence electrons. The smallest absolute Gasteiger partial charge is 0.310 e. The van der Waals surface area contributed by atoms with Gasteiger partial charge in [-0.15, -0.1) is 0 Å². The molecule has 3 aromatic carbocycles. The van der Waals surface area contributed by atoms with Crippen LogP contribution in [-0.4, -0.2) is 18.4 Å². The van der Waals surface area contributed by atoms with E-state index in [1.807, 2.05) is 49.4 Å². The molecule has 0 fully saturated rings. The minimum atomic E-state index is -0.318. The van der Waals surface area contributed by atoms with Crippen LogP contribution >= 0.6 is 0 Å². The molecule has 0 saturated heterocycles. The lowest BCUT2D eigenvalue weighted by Gasteiger charge is -2.12. The van der Waals surface area contributed by atoms with E-state index in [-0.39, 0.29) is 24.8 Å². The summed E-state index contributed by atoms with van der Waals surface area (Å²) in [4.78, 5) is 24.0. The van der Waals surface area contributed by atoms with Crippen molar-refractivity contribution in [3.63, 3.8) is 0 Å². The number of esters is 1. The van der Waals surface area contributed by atoms with E-state index in [1.165, 1.54) is 6.92 Å². The highest BCUT2D eigenvalue weighted by atomic mass is 16.5. The third-order valence-corrected chi connectivity index (χ3v) is 4.37. The number of hydrogen-bond donors (Lipinski definition) is 0. The molecular weight excluding hydrogens is 340 g/mol. The third kappa shape index (κ3) is 4.53. The molecule has 27 heavy (non-hydrogen) atoms. The van der Waals surface area contributed by atoms with Gasteiger partial charge in [-0.2, -0.15) is 0 Å². The van der Waals surface area contributed by atoms with Gasteiger partial charge < -0.3 is 9.47 Å². The number of hydrogen-bond acceptors (Lipinski definition) is 4. The second-order valence-corrected chi connectivity index (χ2v) is 6.29. The van der Waals surface area contributed by atoms with Crippen molar-refractivity contribution in [1.82, 2.24) is 0 Å². The predicted octanol–water partition coefficient (Wildman–Crippen LogP) is 4.73. The van der Waals surface area contributed by atoms with Crippen LogP contribution in [0.2, 0.25) is 0 Å². The molecule has 0 aliphatic rings. The van der Waals surface area contributed by atoms with E-state index in [2.05, 4.69) is 0 Å². The molecule has 0 spiro atoms. The number of carbonyl (C=O) groups is 2. The Hall–Kier alpha value is -3.14. The van der Waals surface area contributed by atoms with E-state index in [9.17, 15) is 9.59 Å². The van der Waals surface area contributed by atoms with Gasteiger partial charge in [0.15, 0.2) is 5.78 Å². The molecule has 3 aromatic rings. The molecule has 4 nitrogen and oxygen atoms in total. The van der Waals surface area contributed by atoms with E-state index >= 15 is 0 Å². The second kappa shape index (κ2) is 8.49. The number of fused-ring (bicyclic) bond motifs is 1. The predicted molar refractivity (Wildman–Crippen MR) is 105 cm³/mol. The monoisotopic (exact) mass is 362 g/mol. The van der Waals surface area contributed by atoms with Gasteiger partial charge in [0.1, 0.15) is 12.4 Å². The average molecular weight is 362 g/mol. The Bertz CT molecular complexity index is 970.